The van der Waals surface area contributed by atoms with Crippen molar-refractivity contribution in [1.29, 1.82) is 0 Å². The molecule has 11 nitrogen and oxygen atoms in total. The van der Waals surface area contributed by atoms with E-state index in [1.165, 1.54) is 28.4 Å². The molecule has 0 saturated carbocycles. The van der Waals surface area contributed by atoms with Crippen molar-refractivity contribution in [2.75, 3.05) is 40.0 Å². The Morgan fingerprint density at radius 2 is 1.74 bits per heavy atom. The number of aromatic nitrogens is 1. The Hall–Kier alpha value is -4.25. The van der Waals surface area contributed by atoms with Crippen molar-refractivity contribution in [3.8, 4) is 39.7 Å². The first-order valence-corrected chi connectivity index (χ1v) is 10.2. The highest BCUT2D eigenvalue weighted by atomic mass is 16.7. The molecular weight excluding hydrogens is 444 g/mol. The maximum atomic E-state index is 12.5. The molecular formula is C23H26N4O7. The molecule has 1 aromatic heterocycles. The Balaban J connectivity index is 1.96. The van der Waals surface area contributed by atoms with E-state index in [9.17, 15) is 9.59 Å². The summed E-state index contributed by atoms with van der Waals surface area (Å²) in [6.07, 6.45) is 1.59. The van der Waals surface area contributed by atoms with Gasteiger partial charge < -0.3 is 29.8 Å². The molecule has 0 saturated heterocycles. The summed E-state index contributed by atoms with van der Waals surface area (Å²) < 4.78 is 21.8. The number of hydroxylamine groups is 1. The monoisotopic (exact) mass is 470 g/mol. The van der Waals surface area contributed by atoms with Crippen LogP contribution >= 0.6 is 0 Å². The molecule has 0 atom stereocenters. The molecule has 0 aliphatic heterocycles. The fourth-order valence-electron chi connectivity index (χ4n) is 3.34. The van der Waals surface area contributed by atoms with E-state index < -0.39 is 11.9 Å². The van der Waals surface area contributed by atoms with Gasteiger partial charge in [0.15, 0.2) is 17.3 Å². The number of hydrogen-bond acceptors (Lipinski definition) is 8. The van der Waals surface area contributed by atoms with Crippen LogP contribution in [0.25, 0.3) is 22.5 Å². The smallest absolute Gasteiger partial charge is 0.346 e. The van der Waals surface area contributed by atoms with E-state index in [1.54, 1.807) is 36.5 Å². The third-order valence-electron chi connectivity index (χ3n) is 4.90. The Morgan fingerprint density at radius 1 is 1.03 bits per heavy atom. The highest BCUT2D eigenvalue weighted by Crippen LogP contribution is 2.43. The third-order valence-corrected chi connectivity index (χ3v) is 4.90. The lowest BCUT2D eigenvalue weighted by atomic mass is 10.0. The van der Waals surface area contributed by atoms with Gasteiger partial charge in [0.05, 0.1) is 40.3 Å². The molecule has 3 rings (SSSR count). The van der Waals surface area contributed by atoms with Crippen LogP contribution in [0.15, 0.2) is 47.1 Å². The van der Waals surface area contributed by atoms with E-state index in [2.05, 4.69) is 10.5 Å². The lowest BCUT2D eigenvalue weighted by Gasteiger charge is -2.20. The molecule has 3 aromatic rings. The molecule has 0 aliphatic rings. The van der Waals surface area contributed by atoms with Gasteiger partial charge in [0, 0.05) is 24.1 Å². The number of anilines is 1. The van der Waals surface area contributed by atoms with Gasteiger partial charge in [-0.3, -0.25) is 9.63 Å². The number of hydrogen-bond donors (Lipinski definition) is 2. The minimum absolute atomic E-state index is 0.0160. The number of rotatable bonds is 10. The zero-order chi connectivity index (χ0) is 24.7. The van der Waals surface area contributed by atoms with Crippen molar-refractivity contribution in [2.45, 2.75) is 6.42 Å². The van der Waals surface area contributed by atoms with Gasteiger partial charge in [-0.15, -0.1) is 0 Å². The summed E-state index contributed by atoms with van der Waals surface area (Å²) in [6, 6.07) is 10.0. The van der Waals surface area contributed by atoms with Gasteiger partial charge in [0.1, 0.15) is 0 Å². The second-order valence-electron chi connectivity index (χ2n) is 6.96. The zero-order valence-electron chi connectivity index (χ0n) is 19.3. The third kappa shape index (κ3) is 5.21. The lowest BCUT2D eigenvalue weighted by molar-refractivity contribution is -0.117. The second-order valence-corrected chi connectivity index (χ2v) is 6.96. The SMILES string of the molecule is COc1cc(-c2oncc2-c2cccc(N(OC)C(=O)NCCC(N)=O)c2)cc(OC)c1OC. The summed E-state index contributed by atoms with van der Waals surface area (Å²) >= 11 is 0. The van der Waals surface area contributed by atoms with Crippen molar-refractivity contribution < 1.29 is 33.2 Å². The molecule has 0 fully saturated rings. The van der Waals surface area contributed by atoms with E-state index in [1.807, 2.05) is 6.07 Å². The molecule has 0 unspecified atom stereocenters. The van der Waals surface area contributed by atoms with Gasteiger partial charge in [-0.1, -0.05) is 17.3 Å². The van der Waals surface area contributed by atoms with Gasteiger partial charge in [-0.05, 0) is 29.8 Å². The summed E-state index contributed by atoms with van der Waals surface area (Å²) in [7, 11) is 5.94. The van der Waals surface area contributed by atoms with Crippen LogP contribution in [0.1, 0.15) is 6.42 Å². The Kier molecular flexibility index (Phi) is 7.93. The topological polar surface area (TPSA) is 138 Å². The van der Waals surface area contributed by atoms with Gasteiger partial charge in [-0.2, -0.15) is 5.06 Å². The normalized spacial score (nSPS) is 10.5. The fraction of sp³-hybridized carbons (Fsp3) is 0.261. The van der Waals surface area contributed by atoms with Crippen LogP contribution < -0.4 is 30.3 Å². The number of carbonyl (C=O) groups is 2. The molecule has 0 radical (unpaired) electrons. The Bertz CT molecular complexity index is 1140. The number of primary amides is 1. The van der Waals surface area contributed by atoms with Crippen molar-refractivity contribution >= 4 is 17.6 Å². The molecule has 1 heterocycles. The van der Waals surface area contributed by atoms with Crippen molar-refractivity contribution in [3.63, 3.8) is 0 Å². The predicted molar refractivity (Wildman–Crippen MR) is 124 cm³/mol. The number of nitrogens with zero attached hydrogens (tertiary/aromatic N) is 2. The minimum Gasteiger partial charge on any atom is -0.493 e. The molecule has 0 bridgehead atoms. The van der Waals surface area contributed by atoms with Crippen molar-refractivity contribution in [3.05, 3.63) is 42.6 Å². The molecule has 11 heteroatoms. The molecule has 180 valence electrons. The van der Waals surface area contributed by atoms with Crippen LogP contribution in [0.3, 0.4) is 0 Å². The number of nitrogens with one attached hydrogen (secondary N) is 1. The summed E-state index contributed by atoms with van der Waals surface area (Å²) in [6.45, 7) is 0.0879. The first-order chi connectivity index (χ1) is 16.4. The van der Waals surface area contributed by atoms with E-state index in [0.717, 1.165) is 10.6 Å². The standard InChI is InChI=1S/C23H26N4O7/c1-30-18-11-15(12-19(31-2)22(18)32-3)21-17(13-26-34-21)14-6-5-7-16(10-14)27(33-4)23(29)25-9-8-20(24)28/h5-7,10-13H,8-9H2,1-4H3,(H2,24,28)(H,25,29). The Labute approximate surface area is 196 Å². The van der Waals surface area contributed by atoms with Gasteiger partial charge >= 0.3 is 6.03 Å². The van der Waals surface area contributed by atoms with Crippen LogP contribution in [-0.2, 0) is 9.63 Å². The molecule has 0 aliphatic carbocycles. The maximum absolute atomic E-state index is 12.5. The minimum atomic E-state index is -0.545. The first-order valence-electron chi connectivity index (χ1n) is 10.2. The number of amides is 3. The number of carbonyl (C=O) groups excluding carboxylic acids is 2. The van der Waals surface area contributed by atoms with Crippen molar-refractivity contribution in [2.24, 2.45) is 5.73 Å². The maximum Gasteiger partial charge on any atom is 0.346 e. The highest BCUT2D eigenvalue weighted by molar-refractivity contribution is 5.91. The zero-order valence-corrected chi connectivity index (χ0v) is 19.3. The summed E-state index contributed by atoms with van der Waals surface area (Å²) in [5, 5.41) is 7.61. The predicted octanol–water partition coefficient (Wildman–Crippen LogP) is 2.99. The molecule has 2 aromatic carbocycles. The van der Waals surface area contributed by atoms with Crippen LogP contribution in [-0.4, -0.2) is 52.1 Å². The van der Waals surface area contributed by atoms with Gasteiger partial charge in [-0.25, -0.2) is 4.79 Å². The number of ether oxygens (including phenoxy) is 3. The first kappa shape index (κ1) is 24.4. The van der Waals surface area contributed by atoms with E-state index in [4.69, 9.17) is 29.3 Å². The van der Waals surface area contributed by atoms with Crippen LogP contribution in [0.4, 0.5) is 10.5 Å². The van der Waals surface area contributed by atoms with Gasteiger partial charge in [0.25, 0.3) is 0 Å². The van der Waals surface area contributed by atoms with E-state index >= 15 is 0 Å². The van der Waals surface area contributed by atoms with Gasteiger partial charge in [0.2, 0.25) is 11.7 Å². The number of methoxy groups -OCH3 is 3. The summed E-state index contributed by atoms with van der Waals surface area (Å²) in [5.74, 6) is 1.33. The molecule has 3 amide bonds. The van der Waals surface area contributed by atoms with Crippen LogP contribution in [0.2, 0.25) is 0 Å². The van der Waals surface area contributed by atoms with Crippen LogP contribution in [0.5, 0.6) is 17.2 Å². The summed E-state index contributed by atoms with van der Waals surface area (Å²) in [5.41, 5.74) is 7.60. The number of benzene rings is 2. The quantitative estimate of drug-likeness (QED) is 0.431. The van der Waals surface area contributed by atoms with E-state index in [0.29, 0.717) is 39.8 Å². The number of nitrogens with two attached hydrogens (primary N) is 1. The number of urea groups is 1. The average molecular weight is 470 g/mol. The average Bonchev–Trinajstić information content (AvgIpc) is 3.33. The fourth-order valence-corrected chi connectivity index (χ4v) is 3.34. The van der Waals surface area contributed by atoms with Crippen molar-refractivity contribution in [1.82, 2.24) is 10.5 Å². The highest BCUT2D eigenvalue weighted by Gasteiger charge is 2.21. The largest absolute Gasteiger partial charge is 0.493 e. The Morgan fingerprint density at radius 3 is 2.32 bits per heavy atom. The molecule has 3 N–H and O–H groups in total. The van der Waals surface area contributed by atoms with Crippen LogP contribution in [0, 0.1) is 0 Å². The molecule has 0 spiro atoms. The second kappa shape index (κ2) is 11.1. The summed E-state index contributed by atoms with van der Waals surface area (Å²) in [4.78, 5) is 28.7. The molecule has 34 heavy (non-hydrogen) atoms. The lowest BCUT2D eigenvalue weighted by Crippen LogP contribution is -2.40. The van der Waals surface area contributed by atoms with E-state index in [-0.39, 0.29) is 13.0 Å².